The quantitative estimate of drug-likeness (QED) is 0.788. The van der Waals surface area contributed by atoms with E-state index < -0.39 is 17.7 Å². The molecule has 8 heteroatoms. The molecule has 0 unspecified atom stereocenters. The maximum atomic E-state index is 13.2. The van der Waals surface area contributed by atoms with E-state index in [4.69, 9.17) is 4.74 Å². The lowest BCUT2D eigenvalue weighted by Gasteiger charge is -2.09. The number of carbonyl (C=O) groups excluding carboxylic acids is 1. The van der Waals surface area contributed by atoms with Gasteiger partial charge in [0.05, 0.1) is 18.5 Å². The number of rotatable bonds is 2. The maximum Gasteiger partial charge on any atom is 0.420 e. The van der Waals surface area contributed by atoms with Crippen molar-refractivity contribution in [3.63, 3.8) is 0 Å². The minimum absolute atomic E-state index is 0.0480. The van der Waals surface area contributed by atoms with Crippen molar-refractivity contribution in [2.45, 2.75) is 32.5 Å². The Morgan fingerprint density at radius 2 is 2.27 bits per heavy atom. The highest BCUT2D eigenvalue weighted by molar-refractivity contribution is 7.14. The Morgan fingerprint density at radius 1 is 1.50 bits per heavy atom. The number of aryl methyl sites for hydroxylation is 2. The molecule has 3 rings (SSSR count). The van der Waals surface area contributed by atoms with Gasteiger partial charge in [-0.15, -0.1) is 11.3 Å². The van der Waals surface area contributed by atoms with Gasteiger partial charge in [-0.3, -0.25) is 4.68 Å². The first kappa shape index (κ1) is 15.1. The van der Waals surface area contributed by atoms with Crippen LogP contribution in [0, 0.1) is 0 Å². The third-order valence-electron chi connectivity index (χ3n) is 3.46. The van der Waals surface area contributed by atoms with Crippen LogP contribution in [0.25, 0.3) is 11.3 Å². The molecule has 2 aromatic rings. The molecule has 0 saturated heterocycles. The van der Waals surface area contributed by atoms with E-state index in [1.165, 1.54) is 22.1 Å². The first-order valence-corrected chi connectivity index (χ1v) is 7.66. The second-order valence-electron chi connectivity index (χ2n) is 4.90. The van der Waals surface area contributed by atoms with Crippen LogP contribution in [0.15, 0.2) is 12.3 Å². The van der Waals surface area contributed by atoms with Crippen LogP contribution < -0.4 is 0 Å². The van der Waals surface area contributed by atoms with Crippen molar-refractivity contribution < 1.29 is 22.7 Å². The smallest absolute Gasteiger partial charge is 0.420 e. The summed E-state index contributed by atoms with van der Waals surface area (Å²) in [4.78, 5) is 12.9. The highest BCUT2D eigenvalue weighted by Gasteiger charge is 2.38. The van der Waals surface area contributed by atoms with Crippen LogP contribution >= 0.6 is 11.3 Å². The van der Waals surface area contributed by atoms with Crippen molar-refractivity contribution in [3.8, 4) is 11.3 Å². The second-order valence-corrected chi connectivity index (χ2v) is 6.04. The molecular weight excluding hydrogens is 317 g/mol. The number of hydrogen-bond acceptors (Lipinski definition) is 4. The van der Waals surface area contributed by atoms with Gasteiger partial charge in [-0.2, -0.15) is 18.3 Å². The molecule has 3 heterocycles. The summed E-state index contributed by atoms with van der Waals surface area (Å²) >= 11 is 1.20. The summed E-state index contributed by atoms with van der Waals surface area (Å²) in [5, 5.41) is 3.86. The molecule has 0 aliphatic carbocycles. The van der Waals surface area contributed by atoms with Crippen molar-refractivity contribution in [1.82, 2.24) is 9.78 Å². The van der Waals surface area contributed by atoms with E-state index in [1.54, 1.807) is 6.92 Å². The summed E-state index contributed by atoms with van der Waals surface area (Å²) in [6.07, 6.45) is -2.31. The second kappa shape index (κ2) is 5.42. The molecule has 0 N–H and O–H groups in total. The van der Waals surface area contributed by atoms with Crippen molar-refractivity contribution in [3.05, 3.63) is 27.6 Å². The summed E-state index contributed by atoms with van der Waals surface area (Å²) < 4.78 is 45.8. The molecule has 0 radical (unpaired) electrons. The molecule has 0 aromatic carbocycles. The van der Waals surface area contributed by atoms with Gasteiger partial charge in [0.2, 0.25) is 0 Å². The number of ether oxygens (including phenoxy) is 1. The zero-order valence-corrected chi connectivity index (χ0v) is 12.6. The van der Waals surface area contributed by atoms with Gasteiger partial charge in [0.1, 0.15) is 10.4 Å². The Labute approximate surface area is 128 Å². The molecule has 4 nitrogen and oxygen atoms in total. The van der Waals surface area contributed by atoms with Gasteiger partial charge in [-0.25, -0.2) is 4.79 Å². The minimum Gasteiger partial charge on any atom is -0.462 e. The van der Waals surface area contributed by atoms with Crippen molar-refractivity contribution in [2.24, 2.45) is 0 Å². The number of nitrogens with zero attached hydrogens (tertiary/aromatic N) is 2. The van der Waals surface area contributed by atoms with Gasteiger partial charge >= 0.3 is 12.1 Å². The maximum absolute atomic E-state index is 13.2. The zero-order chi connectivity index (χ0) is 15.9. The first-order valence-electron chi connectivity index (χ1n) is 6.85. The van der Waals surface area contributed by atoms with E-state index in [0.717, 1.165) is 11.1 Å². The number of thiophene rings is 1. The number of esters is 1. The number of alkyl halides is 3. The number of hydrogen-bond donors (Lipinski definition) is 0. The fourth-order valence-electron chi connectivity index (χ4n) is 2.55. The standard InChI is InChI=1S/C14H13F3N2O2S/c1-2-21-13(20)11-6-8-10(22-11)4-3-5-19-12(8)9(7-18-19)14(15,16)17/h6-7H,2-5H2,1H3. The average molecular weight is 330 g/mol. The van der Waals surface area contributed by atoms with Crippen LogP contribution in [0.2, 0.25) is 0 Å². The lowest BCUT2D eigenvalue weighted by atomic mass is 10.1. The van der Waals surface area contributed by atoms with Gasteiger partial charge in [0.15, 0.2) is 0 Å². The normalized spacial score (nSPS) is 14.2. The average Bonchev–Trinajstić information content (AvgIpc) is 3.00. The Kier molecular flexibility index (Phi) is 3.72. The largest absolute Gasteiger partial charge is 0.462 e. The predicted molar refractivity (Wildman–Crippen MR) is 74.8 cm³/mol. The number of halogens is 3. The van der Waals surface area contributed by atoms with Crippen LogP contribution in [0.3, 0.4) is 0 Å². The predicted octanol–water partition coefficient (Wildman–Crippen LogP) is 3.75. The van der Waals surface area contributed by atoms with Crippen LogP contribution in [0.4, 0.5) is 13.2 Å². The lowest BCUT2D eigenvalue weighted by Crippen LogP contribution is -2.07. The van der Waals surface area contributed by atoms with Crippen molar-refractivity contribution >= 4 is 17.3 Å². The van der Waals surface area contributed by atoms with Crippen LogP contribution in [0.5, 0.6) is 0 Å². The summed E-state index contributed by atoms with van der Waals surface area (Å²) in [6.45, 7) is 2.35. The molecular formula is C14H13F3N2O2S. The van der Waals surface area contributed by atoms with E-state index in [-0.39, 0.29) is 12.3 Å². The highest BCUT2D eigenvalue weighted by atomic mass is 32.1. The van der Waals surface area contributed by atoms with Gasteiger partial charge < -0.3 is 4.74 Å². The molecule has 0 spiro atoms. The van der Waals surface area contributed by atoms with E-state index in [2.05, 4.69) is 5.10 Å². The minimum atomic E-state index is -4.47. The van der Waals surface area contributed by atoms with E-state index in [1.807, 2.05) is 0 Å². The molecule has 0 amide bonds. The van der Waals surface area contributed by atoms with E-state index in [9.17, 15) is 18.0 Å². The fraction of sp³-hybridized carbons (Fsp3) is 0.429. The molecule has 2 aromatic heterocycles. The molecule has 1 aliphatic heterocycles. The van der Waals surface area contributed by atoms with E-state index in [0.29, 0.717) is 29.8 Å². The van der Waals surface area contributed by atoms with Gasteiger partial charge in [-0.05, 0) is 25.8 Å². The SMILES string of the molecule is CCOC(=O)c1cc2c(s1)CCCn1ncc(C(F)(F)F)c1-2. The Morgan fingerprint density at radius 3 is 2.95 bits per heavy atom. The molecule has 0 saturated carbocycles. The van der Waals surface area contributed by atoms with Crippen LogP contribution in [-0.4, -0.2) is 22.4 Å². The van der Waals surface area contributed by atoms with Crippen LogP contribution in [0.1, 0.15) is 33.5 Å². The molecule has 0 bridgehead atoms. The third-order valence-corrected chi connectivity index (χ3v) is 4.63. The van der Waals surface area contributed by atoms with Crippen molar-refractivity contribution in [2.75, 3.05) is 6.61 Å². The van der Waals surface area contributed by atoms with Crippen LogP contribution in [-0.2, 0) is 23.9 Å². The number of aromatic nitrogens is 2. The summed E-state index contributed by atoms with van der Waals surface area (Å²) in [6, 6.07) is 1.49. The highest BCUT2D eigenvalue weighted by Crippen LogP contribution is 2.42. The van der Waals surface area contributed by atoms with Crippen molar-refractivity contribution in [1.29, 1.82) is 0 Å². The summed E-state index contributed by atoms with van der Waals surface area (Å²) in [7, 11) is 0. The first-order chi connectivity index (χ1) is 10.4. The fourth-order valence-corrected chi connectivity index (χ4v) is 3.65. The van der Waals surface area contributed by atoms with E-state index >= 15 is 0 Å². The Bertz CT molecular complexity index is 718. The summed E-state index contributed by atoms with van der Waals surface area (Å²) in [5.41, 5.74) is -0.272. The number of carbonyl (C=O) groups is 1. The Hall–Kier alpha value is -1.83. The Balaban J connectivity index is 2.13. The topological polar surface area (TPSA) is 44.1 Å². The molecule has 118 valence electrons. The van der Waals surface area contributed by atoms with Gasteiger partial charge in [-0.1, -0.05) is 0 Å². The van der Waals surface area contributed by atoms with Gasteiger partial charge in [0, 0.05) is 17.0 Å². The molecule has 0 fully saturated rings. The third kappa shape index (κ3) is 2.51. The summed E-state index contributed by atoms with van der Waals surface area (Å²) in [5.74, 6) is -0.500. The lowest BCUT2D eigenvalue weighted by molar-refractivity contribution is -0.137. The molecule has 0 atom stereocenters. The molecule has 1 aliphatic rings. The van der Waals surface area contributed by atoms with Gasteiger partial charge in [0.25, 0.3) is 0 Å². The number of fused-ring (bicyclic) bond motifs is 3. The molecule has 22 heavy (non-hydrogen) atoms. The zero-order valence-electron chi connectivity index (χ0n) is 11.7. The monoisotopic (exact) mass is 330 g/mol.